The first-order chi connectivity index (χ1) is 8.93. The van der Waals surface area contributed by atoms with E-state index in [9.17, 15) is 0 Å². The number of ether oxygens (including phenoxy) is 1. The molecular weight excluding hydrogens is 224 g/mol. The van der Waals surface area contributed by atoms with E-state index in [-0.39, 0.29) is 0 Å². The smallest absolute Gasteiger partial charge is 0.136 e. The summed E-state index contributed by atoms with van der Waals surface area (Å²) < 4.78 is 8.04. The van der Waals surface area contributed by atoms with Crippen molar-refractivity contribution in [2.45, 2.75) is 12.8 Å². The second kappa shape index (κ2) is 3.60. The summed E-state index contributed by atoms with van der Waals surface area (Å²) in [6.45, 7) is 0. The molecule has 0 saturated carbocycles. The molecule has 1 aromatic carbocycles. The zero-order chi connectivity index (χ0) is 11.9. The van der Waals surface area contributed by atoms with Gasteiger partial charge in [0.25, 0.3) is 0 Å². The second-order valence-corrected chi connectivity index (χ2v) is 4.48. The first-order valence-corrected chi connectivity index (χ1v) is 6.15. The zero-order valence-electron chi connectivity index (χ0n) is 9.84. The van der Waals surface area contributed by atoms with E-state index in [4.69, 9.17) is 4.74 Å². The highest BCUT2D eigenvalue weighted by Gasteiger charge is 2.22. The number of nitrogens with zero attached hydrogens (tertiary/aromatic N) is 2. The number of fused-ring (bicyclic) bond motifs is 4. The molecule has 2 aliphatic rings. The molecule has 4 rings (SSSR count). The minimum atomic E-state index is 0.916. The van der Waals surface area contributed by atoms with Gasteiger partial charge in [-0.15, -0.1) is 0 Å². The lowest BCUT2D eigenvalue weighted by atomic mass is 10.1. The van der Waals surface area contributed by atoms with E-state index >= 15 is 0 Å². The van der Waals surface area contributed by atoms with Gasteiger partial charge in [0.2, 0.25) is 0 Å². The Bertz CT molecular complexity index is 679. The van der Waals surface area contributed by atoms with Crippen LogP contribution in [0.5, 0.6) is 5.75 Å². The Morgan fingerprint density at radius 2 is 2.11 bits per heavy atom. The lowest BCUT2D eigenvalue weighted by molar-refractivity contribution is 0.406. The molecule has 0 bridgehead atoms. The number of aromatic nitrogens is 2. The lowest BCUT2D eigenvalue weighted by Crippen LogP contribution is -2.06. The van der Waals surface area contributed by atoms with Gasteiger partial charge < -0.3 is 4.74 Å². The van der Waals surface area contributed by atoms with Gasteiger partial charge in [-0.2, -0.15) is 5.10 Å². The Balaban J connectivity index is 2.04. The second-order valence-electron chi connectivity index (χ2n) is 4.48. The van der Waals surface area contributed by atoms with E-state index in [0.29, 0.717) is 0 Å². The third-order valence-electron chi connectivity index (χ3n) is 3.37. The molecule has 3 heteroatoms. The van der Waals surface area contributed by atoms with Crippen LogP contribution in [0.3, 0.4) is 0 Å². The summed E-state index contributed by atoms with van der Waals surface area (Å²) >= 11 is 0. The van der Waals surface area contributed by atoms with E-state index in [2.05, 4.69) is 23.3 Å². The minimum absolute atomic E-state index is 0.916. The molecule has 0 spiro atoms. The zero-order valence-corrected chi connectivity index (χ0v) is 9.84. The molecule has 0 unspecified atom stereocenters. The number of benzene rings is 1. The van der Waals surface area contributed by atoms with Gasteiger partial charge in [0, 0.05) is 12.0 Å². The number of hydrogen-bond acceptors (Lipinski definition) is 2. The molecule has 0 fully saturated rings. The van der Waals surface area contributed by atoms with Crippen molar-refractivity contribution in [1.29, 1.82) is 0 Å². The number of para-hydroxylation sites is 1. The van der Waals surface area contributed by atoms with Crippen LogP contribution in [0.2, 0.25) is 0 Å². The van der Waals surface area contributed by atoms with Crippen LogP contribution < -0.4 is 4.74 Å². The van der Waals surface area contributed by atoms with Crippen LogP contribution in [0.15, 0.2) is 54.4 Å². The van der Waals surface area contributed by atoms with Gasteiger partial charge in [-0.3, -0.25) is 0 Å². The Kier molecular flexibility index (Phi) is 1.94. The maximum atomic E-state index is 6.07. The standard InChI is InChI=1S/C15H12N2O/c1-3-7-14-11(5-1)12-9-10-16-17(12)13-6-2-4-8-15(13)18-14/h1-3,5-7,9-10H,4,8H2. The van der Waals surface area contributed by atoms with Gasteiger partial charge in [0.05, 0.1) is 11.9 Å². The Labute approximate surface area is 105 Å². The van der Waals surface area contributed by atoms with Crippen LogP contribution in [0.25, 0.3) is 17.0 Å². The summed E-state index contributed by atoms with van der Waals surface area (Å²) in [6.07, 6.45) is 8.06. The molecule has 1 aliphatic carbocycles. The number of hydrogen-bond donors (Lipinski definition) is 0. The van der Waals surface area contributed by atoms with Crippen molar-refractivity contribution in [3.05, 3.63) is 54.4 Å². The van der Waals surface area contributed by atoms with E-state index in [1.54, 1.807) is 0 Å². The van der Waals surface area contributed by atoms with Crippen LogP contribution in [0.1, 0.15) is 12.8 Å². The third-order valence-corrected chi connectivity index (χ3v) is 3.37. The fourth-order valence-electron chi connectivity index (χ4n) is 2.52. The van der Waals surface area contributed by atoms with E-state index in [1.165, 1.54) is 0 Å². The molecule has 0 amide bonds. The van der Waals surface area contributed by atoms with Gasteiger partial charge in [0.15, 0.2) is 0 Å². The van der Waals surface area contributed by atoms with Gasteiger partial charge >= 0.3 is 0 Å². The highest BCUT2D eigenvalue weighted by Crippen LogP contribution is 2.38. The summed E-state index contributed by atoms with van der Waals surface area (Å²) in [4.78, 5) is 0. The van der Waals surface area contributed by atoms with Crippen molar-refractivity contribution in [2.24, 2.45) is 0 Å². The van der Waals surface area contributed by atoms with Crippen molar-refractivity contribution in [1.82, 2.24) is 9.78 Å². The van der Waals surface area contributed by atoms with Crippen LogP contribution in [0.4, 0.5) is 0 Å². The maximum absolute atomic E-state index is 6.07. The average Bonchev–Trinajstić information content (AvgIpc) is 2.84. The van der Waals surface area contributed by atoms with Crippen molar-refractivity contribution < 1.29 is 4.74 Å². The molecule has 2 aromatic rings. The third kappa shape index (κ3) is 1.27. The van der Waals surface area contributed by atoms with Crippen molar-refractivity contribution in [3.63, 3.8) is 0 Å². The summed E-state index contributed by atoms with van der Waals surface area (Å²) in [5, 5.41) is 4.43. The van der Waals surface area contributed by atoms with Gasteiger partial charge in [-0.05, 0) is 30.7 Å². The quantitative estimate of drug-likeness (QED) is 0.700. The first-order valence-electron chi connectivity index (χ1n) is 6.15. The first kappa shape index (κ1) is 9.71. The lowest BCUT2D eigenvalue weighted by Gasteiger charge is -2.14. The fraction of sp³-hybridized carbons (Fsp3) is 0.133. The average molecular weight is 236 g/mol. The molecule has 2 heterocycles. The highest BCUT2D eigenvalue weighted by molar-refractivity contribution is 5.76. The molecule has 1 aliphatic heterocycles. The largest absolute Gasteiger partial charge is 0.459 e. The topological polar surface area (TPSA) is 27.1 Å². The van der Waals surface area contributed by atoms with Gasteiger partial charge in [-0.25, -0.2) is 4.68 Å². The summed E-state index contributed by atoms with van der Waals surface area (Å²) in [5.41, 5.74) is 3.23. The monoisotopic (exact) mass is 236 g/mol. The molecule has 18 heavy (non-hydrogen) atoms. The molecule has 88 valence electrons. The SMILES string of the molecule is C1=CC2=C(CC1)Oc1ccccc1-c1ccnn12. The number of allylic oxidation sites excluding steroid dienone is 4. The molecular formula is C15H12N2O. The maximum Gasteiger partial charge on any atom is 0.136 e. The van der Waals surface area contributed by atoms with Crippen molar-refractivity contribution in [3.8, 4) is 17.0 Å². The van der Waals surface area contributed by atoms with E-state index < -0.39 is 0 Å². The molecule has 1 aromatic heterocycles. The van der Waals surface area contributed by atoms with Crippen LogP contribution in [0, 0.1) is 0 Å². The number of rotatable bonds is 0. The van der Waals surface area contributed by atoms with Crippen molar-refractivity contribution >= 4 is 5.70 Å². The van der Waals surface area contributed by atoms with Crippen LogP contribution in [-0.4, -0.2) is 9.78 Å². The fourth-order valence-corrected chi connectivity index (χ4v) is 2.52. The van der Waals surface area contributed by atoms with E-state index in [0.717, 1.165) is 41.3 Å². The molecule has 0 radical (unpaired) electrons. The van der Waals surface area contributed by atoms with Crippen LogP contribution in [-0.2, 0) is 0 Å². The summed E-state index contributed by atoms with van der Waals surface area (Å²) in [5.74, 6) is 1.92. The van der Waals surface area contributed by atoms with Crippen molar-refractivity contribution in [2.75, 3.05) is 0 Å². The predicted molar refractivity (Wildman–Crippen MR) is 69.9 cm³/mol. The summed E-state index contributed by atoms with van der Waals surface area (Å²) in [7, 11) is 0. The Hall–Kier alpha value is -2.29. The molecule has 3 nitrogen and oxygen atoms in total. The molecule has 0 N–H and O–H groups in total. The van der Waals surface area contributed by atoms with E-state index in [1.807, 2.05) is 35.1 Å². The molecule has 0 saturated heterocycles. The van der Waals surface area contributed by atoms with Crippen LogP contribution >= 0.6 is 0 Å². The van der Waals surface area contributed by atoms with Gasteiger partial charge in [-0.1, -0.05) is 18.2 Å². The normalized spacial score (nSPS) is 16.4. The summed E-state index contributed by atoms with van der Waals surface area (Å²) in [6, 6.07) is 10.1. The Morgan fingerprint density at radius 3 is 3.11 bits per heavy atom. The highest BCUT2D eigenvalue weighted by atomic mass is 16.5. The minimum Gasteiger partial charge on any atom is -0.459 e. The Morgan fingerprint density at radius 1 is 1.17 bits per heavy atom. The molecule has 0 atom stereocenters. The van der Waals surface area contributed by atoms with Gasteiger partial charge in [0.1, 0.15) is 17.2 Å². The predicted octanol–water partition coefficient (Wildman–Crippen LogP) is 3.46.